The van der Waals surface area contributed by atoms with Crippen LogP contribution in [0.25, 0.3) is 0 Å². The van der Waals surface area contributed by atoms with E-state index < -0.39 is 8.60 Å². The molecule has 0 N–H and O–H groups in total. The van der Waals surface area contributed by atoms with Crippen LogP contribution in [0.1, 0.15) is 50.1 Å². The Morgan fingerprint density at radius 2 is 0.647 bits per heavy atom. The fourth-order valence-corrected chi connectivity index (χ4v) is 2.46. The quantitative estimate of drug-likeness (QED) is 0.208. The molecular formula is C27H33O3PZn3. The number of rotatable bonds is 0. The first-order valence-corrected chi connectivity index (χ1v) is 11.1. The van der Waals surface area contributed by atoms with Gasteiger partial charge in [-0.2, -0.15) is 105 Å². The second-order valence-corrected chi connectivity index (χ2v) is 7.90. The Hall–Kier alpha value is -0.160. The fourth-order valence-electron chi connectivity index (χ4n) is 2.46. The summed E-state index contributed by atoms with van der Waals surface area (Å²) in [5, 5.41) is 0. The summed E-state index contributed by atoms with van der Waals surface area (Å²) in [4.78, 5) is 25.4. The molecule has 170 valence electrons. The molecule has 0 amide bonds. The van der Waals surface area contributed by atoms with E-state index in [-0.39, 0.29) is 58.4 Å². The van der Waals surface area contributed by atoms with Gasteiger partial charge in [-0.05, 0) is 0 Å². The largest absolute Gasteiger partial charge is 2.00 e. The van der Waals surface area contributed by atoms with Crippen molar-refractivity contribution in [2.75, 3.05) is 0 Å². The molecule has 0 saturated carbocycles. The molecule has 3 aromatic rings. The molecule has 3 nitrogen and oxygen atoms in total. The summed E-state index contributed by atoms with van der Waals surface area (Å²) in [6.07, 6.45) is 0. The van der Waals surface area contributed by atoms with Gasteiger partial charge in [-0.25, -0.2) is 0 Å². The summed E-state index contributed by atoms with van der Waals surface area (Å²) in [6, 6.07) is 21.6. The third-order valence-corrected chi connectivity index (χ3v) is 5.36. The van der Waals surface area contributed by atoms with Crippen LogP contribution >= 0.6 is 8.60 Å². The smallest absolute Gasteiger partial charge is 0.854 e. The molecule has 0 aromatic heterocycles. The van der Waals surface area contributed by atoms with Crippen LogP contribution in [0.4, 0.5) is 0 Å². The van der Waals surface area contributed by atoms with Crippen molar-refractivity contribution in [2.24, 2.45) is 0 Å². The molecule has 0 aliphatic rings. The van der Waals surface area contributed by atoms with E-state index >= 15 is 0 Å². The van der Waals surface area contributed by atoms with Gasteiger partial charge in [0.25, 0.3) is 0 Å². The molecule has 0 fully saturated rings. The SMILES string of the molecule is Cc1[c-]ccc(C)c1C.Cc1[c-]ccc(C)c1C.Cc1[c-]ccc(C)c1C.[O-]P([O-])[O-].[Zn+2].[Zn+2].[Zn+2]. The molecule has 0 radical (unpaired) electrons. The van der Waals surface area contributed by atoms with Gasteiger partial charge in [-0.3, -0.25) is 0 Å². The van der Waals surface area contributed by atoms with Gasteiger partial charge in [-0.15, -0.1) is 0 Å². The van der Waals surface area contributed by atoms with Crippen LogP contribution in [0.15, 0.2) is 36.4 Å². The minimum Gasteiger partial charge on any atom is -0.854 e. The van der Waals surface area contributed by atoms with Crippen LogP contribution in [-0.2, 0) is 58.4 Å². The Bertz CT molecular complexity index is 767. The minimum absolute atomic E-state index is 0. The van der Waals surface area contributed by atoms with E-state index in [1.807, 2.05) is 18.2 Å². The predicted octanol–water partition coefficient (Wildman–Crippen LogP) is 4.52. The zero-order valence-electron chi connectivity index (χ0n) is 22.3. The van der Waals surface area contributed by atoms with E-state index in [1.165, 1.54) is 50.1 Å². The Morgan fingerprint density at radius 1 is 0.471 bits per heavy atom. The third-order valence-electron chi connectivity index (χ3n) is 5.36. The zero-order chi connectivity index (χ0) is 24.1. The van der Waals surface area contributed by atoms with Crippen molar-refractivity contribution in [3.63, 3.8) is 0 Å². The van der Waals surface area contributed by atoms with E-state index in [0.29, 0.717) is 0 Å². The van der Waals surface area contributed by atoms with Gasteiger partial charge in [0.05, 0.1) is 0 Å². The average molecular weight is 633 g/mol. The second kappa shape index (κ2) is 22.1. The van der Waals surface area contributed by atoms with Gasteiger partial charge >= 0.3 is 58.4 Å². The van der Waals surface area contributed by atoms with Gasteiger partial charge < -0.3 is 23.3 Å². The molecule has 0 saturated heterocycles. The zero-order valence-corrected chi connectivity index (χ0v) is 32.1. The van der Waals surface area contributed by atoms with Gasteiger partial charge in [0.2, 0.25) is 0 Å². The predicted molar refractivity (Wildman–Crippen MR) is 125 cm³/mol. The first-order valence-electron chi connectivity index (χ1n) is 10.0. The first-order chi connectivity index (χ1) is 14.4. The summed E-state index contributed by atoms with van der Waals surface area (Å²) in [7, 11) is -3.37. The summed E-state index contributed by atoms with van der Waals surface area (Å²) >= 11 is 0. The number of hydrogen-bond acceptors (Lipinski definition) is 3. The topological polar surface area (TPSA) is 69.2 Å². The molecule has 3 aromatic carbocycles. The van der Waals surface area contributed by atoms with E-state index in [2.05, 4.69) is 98.7 Å². The molecule has 0 bridgehead atoms. The van der Waals surface area contributed by atoms with Crippen LogP contribution in [0, 0.1) is 80.5 Å². The number of aryl methyl sites for hydroxylation is 6. The van der Waals surface area contributed by atoms with Crippen LogP contribution in [-0.4, -0.2) is 0 Å². The van der Waals surface area contributed by atoms with E-state index in [9.17, 15) is 0 Å². The number of hydrogen-bond donors (Lipinski definition) is 0. The standard InChI is InChI=1S/3C9H11.O3P.3Zn/c3*1-7-5-4-6-8(2)9(7)3;1-4(2)3;;;/h3*4-5H,1-3H3;;;;/q3*-1;-3;3*+2. The van der Waals surface area contributed by atoms with Crippen LogP contribution < -0.4 is 14.7 Å². The first kappa shape index (κ1) is 41.0. The summed E-state index contributed by atoms with van der Waals surface area (Å²) in [6.45, 7) is 19.0. The molecule has 7 heteroatoms. The van der Waals surface area contributed by atoms with E-state index in [1.54, 1.807) is 0 Å². The van der Waals surface area contributed by atoms with Crippen molar-refractivity contribution >= 4 is 8.60 Å². The van der Waals surface area contributed by atoms with Crippen molar-refractivity contribution in [3.05, 3.63) is 105 Å². The maximum absolute atomic E-state index is 8.48. The van der Waals surface area contributed by atoms with Gasteiger partial charge in [0, 0.05) is 0 Å². The third kappa shape index (κ3) is 17.3. The van der Waals surface area contributed by atoms with Crippen LogP contribution in [0.5, 0.6) is 0 Å². The van der Waals surface area contributed by atoms with E-state index in [4.69, 9.17) is 14.7 Å². The van der Waals surface area contributed by atoms with Crippen molar-refractivity contribution in [1.82, 2.24) is 0 Å². The van der Waals surface area contributed by atoms with Gasteiger partial charge in [-0.1, -0.05) is 62.3 Å². The van der Waals surface area contributed by atoms with Crippen molar-refractivity contribution < 1.29 is 73.1 Å². The fraction of sp³-hybridized carbons (Fsp3) is 0.333. The monoisotopic (exact) mass is 628 g/mol. The van der Waals surface area contributed by atoms with Crippen LogP contribution in [0.3, 0.4) is 0 Å². The van der Waals surface area contributed by atoms with Gasteiger partial charge in [0.15, 0.2) is 0 Å². The molecule has 34 heavy (non-hydrogen) atoms. The molecule has 0 aliphatic carbocycles. The molecule has 0 aliphatic heterocycles. The van der Waals surface area contributed by atoms with Crippen molar-refractivity contribution in [1.29, 1.82) is 0 Å². The molecule has 0 unspecified atom stereocenters. The number of benzene rings is 3. The Kier molecular flexibility index (Phi) is 26.6. The average Bonchev–Trinajstić information content (AvgIpc) is 2.69. The summed E-state index contributed by atoms with van der Waals surface area (Å²) in [5.41, 5.74) is 11.9. The second-order valence-electron chi connectivity index (χ2n) is 7.46. The molecular weight excluding hydrogens is 599 g/mol. The van der Waals surface area contributed by atoms with Crippen LogP contribution in [0.2, 0.25) is 0 Å². The molecule has 0 spiro atoms. The Labute approximate surface area is 247 Å². The van der Waals surface area contributed by atoms with E-state index in [0.717, 1.165) is 0 Å². The summed E-state index contributed by atoms with van der Waals surface area (Å²) in [5.74, 6) is 0. The summed E-state index contributed by atoms with van der Waals surface area (Å²) < 4.78 is 0. The van der Waals surface area contributed by atoms with Gasteiger partial charge in [0.1, 0.15) is 0 Å². The van der Waals surface area contributed by atoms with Crippen molar-refractivity contribution in [3.8, 4) is 0 Å². The Morgan fingerprint density at radius 3 is 0.765 bits per heavy atom. The van der Waals surface area contributed by atoms with Crippen molar-refractivity contribution in [2.45, 2.75) is 62.3 Å². The Balaban J connectivity index is -0.000000177. The normalized spacial score (nSPS) is 8.74. The molecule has 0 atom stereocenters. The maximum Gasteiger partial charge on any atom is 2.00 e. The molecule has 0 heterocycles. The molecule has 3 rings (SSSR count). The minimum atomic E-state index is -3.37. The maximum atomic E-state index is 8.48.